The minimum absolute atomic E-state index is 0.0803. The van der Waals surface area contributed by atoms with E-state index in [0.717, 1.165) is 40.3 Å². The van der Waals surface area contributed by atoms with Gasteiger partial charge in [0.1, 0.15) is 11.3 Å². The predicted molar refractivity (Wildman–Crippen MR) is 201 cm³/mol. The highest BCUT2D eigenvalue weighted by Gasteiger charge is 2.40. The summed E-state index contributed by atoms with van der Waals surface area (Å²) in [6.07, 6.45) is 5.49. The number of carbonyl (C=O) groups excluding carboxylic acids is 1. The molecule has 2 aromatic rings. The number of nitrogens with zero attached hydrogens (tertiary/aromatic N) is 2. The molecule has 1 aliphatic carbocycles. The zero-order valence-electron chi connectivity index (χ0n) is 31.5. The third kappa shape index (κ3) is 5.89. The van der Waals surface area contributed by atoms with Crippen molar-refractivity contribution in [2.75, 3.05) is 31.6 Å². The summed E-state index contributed by atoms with van der Waals surface area (Å²) in [5.74, 6) is -10.4. The molecule has 0 aromatic heterocycles. The molecule has 4 heterocycles. The van der Waals surface area contributed by atoms with Crippen molar-refractivity contribution < 1.29 is 36.7 Å². The van der Waals surface area contributed by atoms with Gasteiger partial charge in [0.15, 0.2) is 28.7 Å². The molecule has 7 rings (SSSR count). The molecular formula is C42H43F4N3O5. The van der Waals surface area contributed by atoms with Gasteiger partial charge in [-0.05, 0) is 97.0 Å². The molecule has 284 valence electrons. The maximum atomic E-state index is 16.8. The van der Waals surface area contributed by atoms with Gasteiger partial charge in [0, 0.05) is 70.0 Å². The summed E-state index contributed by atoms with van der Waals surface area (Å²) in [5.41, 5.74) is 1.58. The number of fused-ring (bicyclic) bond motifs is 6. The number of hydrogen-bond donors (Lipinski definition) is 2. The third-order valence-electron chi connectivity index (χ3n) is 11.1. The van der Waals surface area contributed by atoms with Crippen LogP contribution < -0.4 is 15.6 Å². The second-order valence-electron chi connectivity index (χ2n) is 15.9. The van der Waals surface area contributed by atoms with Crippen LogP contribution in [-0.4, -0.2) is 59.6 Å². The maximum absolute atomic E-state index is 16.8. The fraction of sp³-hybridized carbons (Fsp3) is 0.405. The van der Waals surface area contributed by atoms with Gasteiger partial charge >= 0.3 is 5.97 Å². The molecule has 5 aliphatic rings. The van der Waals surface area contributed by atoms with E-state index in [2.05, 4.69) is 30.1 Å². The highest BCUT2D eigenvalue weighted by Crippen LogP contribution is 2.52. The van der Waals surface area contributed by atoms with Crippen molar-refractivity contribution >= 4 is 39.7 Å². The molecule has 0 saturated heterocycles. The summed E-state index contributed by atoms with van der Waals surface area (Å²) < 4.78 is 70.7. The molecule has 1 amide bonds. The molecule has 0 atom stereocenters. The van der Waals surface area contributed by atoms with E-state index in [1.807, 2.05) is 26.8 Å². The Balaban J connectivity index is 1.71. The van der Waals surface area contributed by atoms with Gasteiger partial charge in [-0.25, -0.2) is 17.6 Å². The summed E-state index contributed by atoms with van der Waals surface area (Å²) in [7, 11) is 1.18. The van der Waals surface area contributed by atoms with Crippen molar-refractivity contribution in [3.63, 3.8) is 0 Å². The monoisotopic (exact) mass is 745 g/mol. The first-order valence-electron chi connectivity index (χ1n) is 18.2. The molecule has 12 heteroatoms. The number of halogens is 4. The quantitative estimate of drug-likeness (QED) is 0.0917. The van der Waals surface area contributed by atoms with Crippen LogP contribution in [0.3, 0.4) is 0 Å². The predicted octanol–water partition coefficient (Wildman–Crippen LogP) is 8.33. The average molecular weight is 746 g/mol. The largest absolute Gasteiger partial charge is 0.481 e. The molecule has 2 bridgehead atoms. The molecule has 4 aliphatic heterocycles. The number of rotatable bonds is 5. The first-order valence-corrected chi connectivity index (χ1v) is 18.2. The number of carboxylic acid groups (broad SMARTS) is 1. The Morgan fingerprint density at radius 3 is 2.26 bits per heavy atom. The fourth-order valence-electron chi connectivity index (χ4n) is 8.65. The number of nitrogens with one attached hydrogen (secondary N) is 1. The van der Waals surface area contributed by atoms with Gasteiger partial charge in [0.2, 0.25) is 0 Å². The first kappa shape index (κ1) is 37.3. The number of carbonyl (C=O) groups is 2. The van der Waals surface area contributed by atoms with Crippen LogP contribution in [0.2, 0.25) is 0 Å². The average Bonchev–Trinajstić information content (AvgIpc) is 3.10. The Morgan fingerprint density at radius 2 is 1.56 bits per heavy atom. The van der Waals surface area contributed by atoms with E-state index in [0.29, 0.717) is 25.0 Å². The lowest BCUT2D eigenvalue weighted by Gasteiger charge is -2.46. The number of hydrogen-bond acceptors (Lipinski definition) is 6. The molecule has 54 heavy (non-hydrogen) atoms. The Hall–Kier alpha value is -4.97. The van der Waals surface area contributed by atoms with Crippen LogP contribution in [0.15, 0.2) is 33.5 Å². The lowest BCUT2D eigenvalue weighted by molar-refractivity contribution is -0.137. The lowest BCUT2D eigenvalue weighted by atomic mass is 9.80. The van der Waals surface area contributed by atoms with Gasteiger partial charge in [0.05, 0.1) is 23.2 Å². The van der Waals surface area contributed by atoms with E-state index in [9.17, 15) is 19.5 Å². The smallest absolute Gasteiger partial charge is 0.305 e. The van der Waals surface area contributed by atoms with Crippen molar-refractivity contribution in [1.82, 2.24) is 10.2 Å². The minimum atomic E-state index is -2.18. The maximum Gasteiger partial charge on any atom is 0.305 e. The molecule has 0 saturated carbocycles. The SMILES string of the molecule is CC1=CC(C)(C)N2CCCc3c2c1cc1c(-c2c(F)c(F)c(F)c(F)c2C(=O)N(C)CCC(=O)O)c2cc4c(=O)c(c-2oc31)CCCNC(C)(C)C=C4C. The number of allylic oxidation sites excluding steroid dienone is 2. The van der Waals surface area contributed by atoms with Crippen LogP contribution in [-0.2, 0) is 17.6 Å². The van der Waals surface area contributed by atoms with Gasteiger partial charge < -0.3 is 24.6 Å². The molecular weight excluding hydrogens is 702 g/mol. The van der Waals surface area contributed by atoms with E-state index in [-0.39, 0.29) is 56.4 Å². The standard InChI is InChI=1S/C42H43F4N3O5/c1-20-18-41(3,4)47-13-8-10-23-37(52)25(20)17-27-29(30-31(33(44)35(46)34(45)32(30)43)40(53)48(7)15-12-28(50)51)26-16-24-21(2)19-42(5,6)49-14-9-11-22(36(24)49)38(26)54-39(23)27/h16-19,47H,8-15H2,1-7H3,(H,50,51). The fourth-order valence-corrected chi connectivity index (χ4v) is 8.65. The second kappa shape index (κ2) is 13.1. The van der Waals surface area contributed by atoms with Crippen LogP contribution in [0.5, 0.6) is 0 Å². The molecule has 2 N–H and O–H groups in total. The second-order valence-corrected chi connectivity index (χ2v) is 15.9. The Morgan fingerprint density at radius 1 is 0.889 bits per heavy atom. The van der Waals surface area contributed by atoms with Gasteiger partial charge in [-0.2, -0.15) is 0 Å². The summed E-state index contributed by atoms with van der Waals surface area (Å²) in [4.78, 5) is 43.0. The van der Waals surface area contributed by atoms with Gasteiger partial charge in [-0.1, -0.05) is 12.2 Å². The molecule has 0 unspecified atom stereocenters. The summed E-state index contributed by atoms with van der Waals surface area (Å²) in [5, 5.41) is 13.0. The van der Waals surface area contributed by atoms with Crippen molar-refractivity contribution in [2.24, 2.45) is 0 Å². The Labute approximate surface area is 310 Å². The summed E-state index contributed by atoms with van der Waals surface area (Å²) in [6, 6.07) is 3.27. The molecule has 2 aromatic carbocycles. The Bertz CT molecular complexity index is 2390. The van der Waals surface area contributed by atoms with Crippen LogP contribution in [0.4, 0.5) is 23.2 Å². The van der Waals surface area contributed by atoms with E-state index in [1.54, 1.807) is 13.0 Å². The summed E-state index contributed by atoms with van der Waals surface area (Å²) >= 11 is 0. The van der Waals surface area contributed by atoms with Crippen LogP contribution in [0.25, 0.3) is 44.6 Å². The van der Waals surface area contributed by atoms with E-state index < -0.39 is 64.8 Å². The van der Waals surface area contributed by atoms with Crippen molar-refractivity contribution in [3.05, 3.63) is 85.6 Å². The van der Waals surface area contributed by atoms with Crippen LogP contribution in [0.1, 0.15) is 93.4 Å². The molecule has 0 spiro atoms. The molecule has 0 fully saturated rings. The highest BCUT2D eigenvalue weighted by atomic mass is 19.2. The van der Waals surface area contributed by atoms with Gasteiger partial charge in [-0.15, -0.1) is 0 Å². The summed E-state index contributed by atoms with van der Waals surface area (Å²) in [6.45, 7) is 12.7. The van der Waals surface area contributed by atoms with Crippen LogP contribution >= 0.6 is 0 Å². The lowest BCUT2D eigenvalue weighted by Crippen LogP contribution is -2.47. The van der Waals surface area contributed by atoms with E-state index in [1.165, 1.54) is 13.1 Å². The number of aliphatic carboxylic acids is 1. The Kier molecular flexibility index (Phi) is 9.07. The van der Waals surface area contributed by atoms with Crippen molar-refractivity contribution in [3.8, 4) is 22.5 Å². The topological polar surface area (TPSA) is 103 Å². The van der Waals surface area contributed by atoms with Gasteiger partial charge in [0.25, 0.3) is 5.91 Å². The molecule has 0 radical (unpaired) electrons. The van der Waals surface area contributed by atoms with Crippen LogP contribution in [0, 0.1) is 23.3 Å². The normalized spacial score (nSPS) is 17.6. The zero-order valence-corrected chi connectivity index (χ0v) is 31.5. The number of aryl methyl sites for hydroxylation is 1. The number of carboxylic acids is 1. The van der Waals surface area contributed by atoms with E-state index in [4.69, 9.17) is 4.42 Å². The molecule has 8 nitrogen and oxygen atoms in total. The van der Waals surface area contributed by atoms with Crippen molar-refractivity contribution in [2.45, 2.75) is 84.7 Å². The highest BCUT2D eigenvalue weighted by molar-refractivity contribution is 6.12. The first-order chi connectivity index (χ1) is 25.3. The minimum Gasteiger partial charge on any atom is -0.481 e. The zero-order chi connectivity index (χ0) is 39.2. The van der Waals surface area contributed by atoms with E-state index >= 15 is 17.6 Å². The number of amides is 1. The third-order valence-corrected chi connectivity index (χ3v) is 11.1. The number of anilines is 1. The number of benzene rings is 3. The van der Waals surface area contributed by atoms with Gasteiger partial charge in [-0.3, -0.25) is 14.4 Å². The van der Waals surface area contributed by atoms with Crippen molar-refractivity contribution in [1.29, 1.82) is 0 Å².